The Morgan fingerprint density at radius 1 is 1.24 bits per heavy atom. The van der Waals surface area contributed by atoms with E-state index in [2.05, 4.69) is 20.3 Å². The molecule has 0 spiro atoms. The molecule has 2 amide bonds. The van der Waals surface area contributed by atoms with Crippen molar-refractivity contribution in [3.05, 3.63) is 42.1 Å². The highest BCUT2D eigenvalue weighted by atomic mass is 19.4. The predicted molar refractivity (Wildman–Crippen MR) is 90.1 cm³/mol. The fourth-order valence-electron chi connectivity index (χ4n) is 2.92. The molecule has 2 aromatic heterocycles. The van der Waals surface area contributed by atoms with Gasteiger partial charge in [0.1, 0.15) is 24.2 Å². The summed E-state index contributed by atoms with van der Waals surface area (Å²) in [5.74, 6) is -0.797. The van der Waals surface area contributed by atoms with Crippen LogP contribution in [0.3, 0.4) is 0 Å². The van der Waals surface area contributed by atoms with Crippen molar-refractivity contribution < 1.29 is 32.3 Å². The van der Waals surface area contributed by atoms with Crippen LogP contribution in [0.15, 0.2) is 30.7 Å². The van der Waals surface area contributed by atoms with Crippen molar-refractivity contribution in [2.24, 2.45) is 0 Å². The van der Waals surface area contributed by atoms with Crippen molar-refractivity contribution in [1.29, 1.82) is 0 Å². The van der Waals surface area contributed by atoms with Gasteiger partial charge in [-0.15, -0.1) is 0 Å². The molecule has 1 fully saturated rings. The van der Waals surface area contributed by atoms with Gasteiger partial charge in [0.05, 0.1) is 17.9 Å². The number of nitrogens with one attached hydrogen (secondary N) is 1. The highest BCUT2D eigenvalue weighted by Crippen LogP contribution is 2.28. The van der Waals surface area contributed by atoms with Crippen LogP contribution in [0.2, 0.25) is 0 Å². The van der Waals surface area contributed by atoms with Crippen molar-refractivity contribution >= 4 is 12.0 Å². The molecule has 0 aromatic carbocycles. The van der Waals surface area contributed by atoms with Crippen molar-refractivity contribution in [1.82, 2.24) is 25.2 Å². The highest BCUT2D eigenvalue weighted by molar-refractivity contribution is 5.86. The molecule has 0 aliphatic carbocycles. The smallest absolute Gasteiger partial charge is 0.433 e. The van der Waals surface area contributed by atoms with Gasteiger partial charge >= 0.3 is 12.3 Å². The minimum Gasteiger partial charge on any atom is -0.465 e. The first kappa shape index (κ1) is 20.4. The van der Waals surface area contributed by atoms with Crippen LogP contribution in [0.25, 0.3) is 11.3 Å². The molecule has 0 radical (unpaired) electrons. The van der Waals surface area contributed by atoms with Crippen LogP contribution < -0.4 is 5.32 Å². The third-order valence-corrected chi connectivity index (χ3v) is 4.36. The maximum Gasteiger partial charge on any atom is 0.433 e. The zero-order valence-electron chi connectivity index (χ0n) is 14.7. The molecule has 1 saturated heterocycles. The third-order valence-electron chi connectivity index (χ3n) is 4.36. The summed E-state index contributed by atoms with van der Waals surface area (Å²) in [6.45, 7) is -0.216. The number of halogens is 4. The Balaban J connectivity index is 1.69. The molecule has 1 aliphatic rings. The number of hydrogen-bond acceptors (Lipinski definition) is 5. The lowest BCUT2D eigenvalue weighted by atomic mass is 10.1. The second kappa shape index (κ2) is 7.97. The molecule has 3 rings (SSSR count). The van der Waals surface area contributed by atoms with Gasteiger partial charge in [-0.3, -0.25) is 14.7 Å². The lowest BCUT2D eigenvalue weighted by Crippen LogP contribution is -2.48. The number of rotatable bonds is 4. The Morgan fingerprint density at radius 3 is 2.62 bits per heavy atom. The summed E-state index contributed by atoms with van der Waals surface area (Å²) < 4.78 is 51.7. The zero-order chi connectivity index (χ0) is 21.2. The second-order valence-electron chi connectivity index (χ2n) is 6.27. The van der Waals surface area contributed by atoms with E-state index in [1.807, 2.05) is 0 Å². The van der Waals surface area contributed by atoms with E-state index in [1.54, 1.807) is 0 Å². The number of likely N-dealkylation sites (tertiary alicyclic amines) is 1. The molecular formula is C17H15F4N5O3. The number of alkyl halides is 4. The number of amides is 2. The molecule has 3 heterocycles. The Kier molecular flexibility index (Phi) is 5.62. The highest BCUT2D eigenvalue weighted by Gasteiger charge is 2.42. The van der Waals surface area contributed by atoms with Crippen LogP contribution in [0.4, 0.5) is 22.4 Å². The fraction of sp³-hybridized carbons (Fsp3) is 0.353. The summed E-state index contributed by atoms with van der Waals surface area (Å²) in [7, 11) is 0. The minimum absolute atomic E-state index is 0.0665. The summed E-state index contributed by atoms with van der Waals surface area (Å²) >= 11 is 0. The molecule has 0 saturated carbocycles. The van der Waals surface area contributed by atoms with Crippen LogP contribution in [0.5, 0.6) is 0 Å². The van der Waals surface area contributed by atoms with Gasteiger partial charge in [0.25, 0.3) is 0 Å². The van der Waals surface area contributed by atoms with E-state index in [4.69, 9.17) is 5.11 Å². The van der Waals surface area contributed by atoms with E-state index in [-0.39, 0.29) is 25.2 Å². The summed E-state index contributed by atoms with van der Waals surface area (Å²) in [5.41, 5.74) is -0.145. The Hall–Kier alpha value is -3.31. The molecule has 2 aromatic rings. The van der Waals surface area contributed by atoms with Gasteiger partial charge in [0.2, 0.25) is 5.91 Å². The predicted octanol–water partition coefficient (Wildman–Crippen LogP) is 2.26. The number of carboxylic acid groups (broad SMARTS) is 1. The lowest BCUT2D eigenvalue weighted by Gasteiger charge is -2.21. The number of pyridine rings is 1. The first-order chi connectivity index (χ1) is 13.7. The first-order valence-corrected chi connectivity index (χ1v) is 8.42. The number of carbonyl (C=O) groups excluding carboxylic acids is 1. The number of aromatic nitrogens is 3. The molecule has 29 heavy (non-hydrogen) atoms. The lowest BCUT2D eigenvalue weighted by molar-refractivity contribution is -0.141. The second-order valence-corrected chi connectivity index (χ2v) is 6.27. The first-order valence-electron chi connectivity index (χ1n) is 8.42. The van der Waals surface area contributed by atoms with E-state index in [0.29, 0.717) is 11.3 Å². The molecule has 1 aliphatic heterocycles. The SMILES string of the molecule is O=C(NCc1cc(-c2ccc(C(F)(F)F)nc2)ncn1)[C@@H]1[C@@H](F)CCN1C(=O)O. The maximum absolute atomic E-state index is 13.9. The van der Waals surface area contributed by atoms with Gasteiger partial charge in [0.15, 0.2) is 0 Å². The van der Waals surface area contributed by atoms with Crippen molar-refractivity contribution in [2.45, 2.75) is 31.4 Å². The van der Waals surface area contributed by atoms with Crippen molar-refractivity contribution in [3.8, 4) is 11.3 Å². The van der Waals surface area contributed by atoms with Crippen LogP contribution in [0, 0.1) is 0 Å². The maximum atomic E-state index is 13.9. The summed E-state index contributed by atoms with van der Waals surface area (Å²) in [6, 6.07) is 2.02. The molecule has 2 atom stereocenters. The Bertz CT molecular complexity index is 907. The van der Waals surface area contributed by atoms with E-state index in [9.17, 15) is 27.2 Å². The average molecular weight is 413 g/mol. The van der Waals surface area contributed by atoms with Crippen LogP contribution in [-0.2, 0) is 17.5 Å². The number of hydrogen-bond donors (Lipinski definition) is 2. The molecular weight excluding hydrogens is 398 g/mol. The van der Waals surface area contributed by atoms with E-state index < -0.39 is 36.1 Å². The minimum atomic E-state index is -4.56. The van der Waals surface area contributed by atoms with E-state index in [1.165, 1.54) is 12.1 Å². The summed E-state index contributed by atoms with van der Waals surface area (Å²) in [5, 5.41) is 11.5. The van der Waals surface area contributed by atoms with Gasteiger partial charge < -0.3 is 10.4 Å². The van der Waals surface area contributed by atoms with Gasteiger partial charge in [0, 0.05) is 18.3 Å². The standard InChI is InChI=1S/C17H15F4N5O3/c18-11-3-4-26(16(28)29)14(11)15(27)23-7-10-5-12(25-8-24-10)9-1-2-13(22-6-9)17(19,20)21/h1-2,5-6,8,11,14H,3-4,7H2,(H,23,27)(H,28,29)/t11-,14-/m0/s1. The molecule has 0 bridgehead atoms. The fourth-order valence-corrected chi connectivity index (χ4v) is 2.92. The zero-order valence-corrected chi connectivity index (χ0v) is 14.7. The van der Waals surface area contributed by atoms with Gasteiger partial charge in [-0.1, -0.05) is 0 Å². The van der Waals surface area contributed by atoms with Crippen LogP contribution in [-0.4, -0.2) is 55.7 Å². The molecule has 154 valence electrons. The average Bonchev–Trinajstić information content (AvgIpc) is 3.08. The molecule has 0 unspecified atom stereocenters. The summed E-state index contributed by atoms with van der Waals surface area (Å²) in [6.07, 6.45) is -5.44. The molecule has 12 heteroatoms. The molecule has 2 N–H and O–H groups in total. The van der Waals surface area contributed by atoms with Crippen LogP contribution in [0.1, 0.15) is 17.8 Å². The van der Waals surface area contributed by atoms with Gasteiger partial charge in [-0.05, 0) is 24.6 Å². The van der Waals surface area contributed by atoms with Crippen molar-refractivity contribution in [2.75, 3.05) is 6.54 Å². The van der Waals surface area contributed by atoms with E-state index in [0.717, 1.165) is 23.5 Å². The van der Waals surface area contributed by atoms with Gasteiger partial charge in [-0.2, -0.15) is 13.2 Å². The number of carbonyl (C=O) groups is 2. The summed E-state index contributed by atoms with van der Waals surface area (Å²) in [4.78, 5) is 35.3. The topological polar surface area (TPSA) is 108 Å². The quantitative estimate of drug-likeness (QED) is 0.745. The third kappa shape index (κ3) is 4.58. The van der Waals surface area contributed by atoms with Crippen LogP contribution >= 0.6 is 0 Å². The molecule has 8 nitrogen and oxygen atoms in total. The Morgan fingerprint density at radius 2 is 2.00 bits per heavy atom. The normalized spacial score (nSPS) is 19.2. The van der Waals surface area contributed by atoms with E-state index >= 15 is 0 Å². The number of nitrogens with zero attached hydrogens (tertiary/aromatic N) is 4. The Labute approximate surface area is 161 Å². The van der Waals surface area contributed by atoms with Gasteiger partial charge in [-0.25, -0.2) is 19.2 Å². The van der Waals surface area contributed by atoms with Crippen molar-refractivity contribution in [3.63, 3.8) is 0 Å². The largest absolute Gasteiger partial charge is 0.465 e. The monoisotopic (exact) mass is 413 g/mol.